The second kappa shape index (κ2) is 11.0. The van der Waals surface area contributed by atoms with Crippen molar-refractivity contribution in [2.45, 2.75) is 36.2 Å². The molecule has 2 N–H and O–H groups in total. The van der Waals surface area contributed by atoms with E-state index in [1.165, 1.54) is 29.2 Å². The molecule has 4 heterocycles. The summed E-state index contributed by atoms with van der Waals surface area (Å²) < 4.78 is 16.4. The number of thioether (sulfide) groups is 1. The number of hydrogen-bond donors (Lipinski definition) is 2. The van der Waals surface area contributed by atoms with E-state index in [1.807, 2.05) is 6.07 Å². The Morgan fingerprint density at radius 1 is 1.22 bits per heavy atom. The fourth-order valence-electron chi connectivity index (χ4n) is 3.81. The molecule has 3 aromatic heterocycles. The van der Waals surface area contributed by atoms with E-state index in [4.69, 9.17) is 0 Å². The topological polar surface area (TPSA) is 115 Å². The molecule has 0 bridgehead atoms. The number of halogens is 1. The molecule has 1 unspecified atom stereocenters. The van der Waals surface area contributed by atoms with Gasteiger partial charge in [0.25, 0.3) is 5.91 Å². The van der Waals surface area contributed by atoms with Crippen LogP contribution >= 0.6 is 23.1 Å². The average molecular weight is 524 g/mol. The molecular weight excluding hydrogens is 501 g/mol. The lowest BCUT2D eigenvalue weighted by atomic mass is 10.1. The van der Waals surface area contributed by atoms with Crippen LogP contribution in [-0.2, 0) is 10.5 Å². The molecule has 184 valence electrons. The van der Waals surface area contributed by atoms with Gasteiger partial charge in [0.2, 0.25) is 5.91 Å². The summed E-state index contributed by atoms with van der Waals surface area (Å²) in [5.74, 6) is -0.0695. The van der Waals surface area contributed by atoms with Crippen molar-refractivity contribution < 1.29 is 14.0 Å². The number of nitrogens with zero attached hydrogens (tertiary/aromatic N) is 5. The Labute approximate surface area is 214 Å². The molecule has 1 aromatic carbocycles. The molecule has 0 saturated carbocycles. The van der Waals surface area contributed by atoms with Gasteiger partial charge >= 0.3 is 0 Å². The number of pyridine rings is 1. The van der Waals surface area contributed by atoms with E-state index in [9.17, 15) is 14.0 Å². The summed E-state index contributed by atoms with van der Waals surface area (Å²) in [6.45, 7) is 0.628. The molecule has 0 radical (unpaired) electrons. The first-order valence-electron chi connectivity index (χ1n) is 11.4. The highest BCUT2D eigenvalue weighted by molar-refractivity contribution is 7.98. The molecule has 0 aliphatic carbocycles. The Morgan fingerprint density at radius 2 is 2.11 bits per heavy atom. The predicted octanol–water partition coefficient (Wildman–Crippen LogP) is 3.62. The van der Waals surface area contributed by atoms with Gasteiger partial charge in [0.1, 0.15) is 22.6 Å². The van der Waals surface area contributed by atoms with E-state index in [1.54, 1.807) is 46.6 Å². The number of rotatable bonds is 7. The Kier molecular flexibility index (Phi) is 7.33. The third-order valence-electron chi connectivity index (χ3n) is 5.60. The highest BCUT2D eigenvalue weighted by atomic mass is 32.2. The van der Waals surface area contributed by atoms with Crippen LogP contribution in [0.25, 0.3) is 17.1 Å². The van der Waals surface area contributed by atoms with Gasteiger partial charge in [-0.3, -0.25) is 19.1 Å². The molecule has 1 aliphatic rings. The van der Waals surface area contributed by atoms with Crippen LogP contribution in [0, 0.1) is 5.82 Å². The van der Waals surface area contributed by atoms with Crippen LogP contribution in [0.5, 0.6) is 0 Å². The van der Waals surface area contributed by atoms with Crippen LogP contribution in [0.3, 0.4) is 0 Å². The lowest BCUT2D eigenvalue weighted by Crippen LogP contribution is -2.45. The molecule has 4 aromatic rings. The van der Waals surface area contributed by atoms with Gasteiger partial charge in [-0.2, -0.15) is 0 Å². The number of aromatic nitrogens is 5. The maximum absolute atomic E-state index is 14.7. The van der Waals surface area contributed by atoms with Gasteiger partial charge in [0.05, 0.1) is 11.4 Å². The number of carbonyl (C=O) groups excluding carboxylic acids is 2. The number of carbonyl (C=O) groups is 2. The van der Waals surface area contributed by atoms with Crippen molar-refractivity contribution in [2.24, 2.45) is 0 Å². The van der Waals surface area contributed by atoms with Crippen molar-refractivity contribution >= 4 is 34.9 Å². The molecule has 1 atom stereocenters. The minimum atomic E-state index is -0.551. The Morgan fingerprint density at radius 3 is 2.94 bits per heavy atom. The zero-order chi connectivity index (χ0) is 24.9. The standard InChI is InChI=1S/C24H22FN7O2S2/c25-16-7-1-2-9-19(16)32-21(15-6-5-10-26-12-15)30-31-24(32)36-14-20-28-18(13-35-20)23(34)29-17-8-3-4-11-27-22(17)33/h1-2,5-7,9-10,12-13,17H,3-4,8,11,14H2,(H,27,33)(H,29,34). The predicted molar refractivity (Wildman–Crippen MR) is 134 cm³/mol. The molecule has 12 heteroatoms. The number of thiazole rings is 1. The van der Waals surface area contributed by atoms with Crippen molar-refractivity contribution in [3.05, 3.63) is 70.7 Å². The number of amides is 2. The van der Waals surface area contributed by atoms with Crippen LogP contribution in [0.15, 0.2) is 59.3 Å². The first-order chi connectivity index (χ1) is 17.6. The summed E-state index contributed by atoms with van der Waals surface area (Å²) in [4.78, 5) is 33.4. The first-order valence-corrected chi connectivity index (χ1v) is 13.2. The highest BCUT2D eigenvalue weighted by Gasteiger charge is 2.24. The maximum atomic E-state index is 14.7. The summed E-state index contributed by atoms with van der Waals surface area (Å²) in [6, 6.07) is 9.49. The number of para-hydroxylation sites is 1. The van der Waals surface area contributed by atoms with Crippen LogP contribution in [0.2, 0.25) is 0 Å². The van der Waals surface area contributed by atoms with Crippen molar-refractivity contribution in [1.82, 2.24) is 35.4 Å². The Balaban J connectivity index is 1.33. The van der Waals surface area contributed by atoms with Gasteiger partial charge in [-0.25, -0.2) is 9.37 Å². The lowest BCUT2D eigenvalue weighted by Gasteiger charge is -2.14. The van der Waals surface area contributed by atoms with Gasteiger partial charge in [-0.15, -0.1) is 21.5 Å². The Bertz CT molecular complexity index is 1380. The Hall–Kier alpha value is -3.64. The van der Waals surface area contributed by atoms with Crippen LogP contribution in [0.1, 0.15) is 34.8 Å². The SMILES string of the molecule is O=C(NC1CCCCNC1=O)c1csc(CSc2nnc(-c3cccnc3)n2-c2ccccc2F)n1. The van der Waals surface area contributed by atoms with E-state index in [-0.39, 0.29) is 17.5 Å². The minimum absolute atomic E-state index is 0.163. The van der Waals surface area contributed by atoms with Crippen molar-refractivity contribution in [3.63, 3.8) is 0 Å². The number of hydrogen-bond acceptors (Lipinski definition) is 8. The second-order valence-electron chi connectivity index (χ2n) is 8.06. The summed E-state index contributed by atoms with van der Waals surface area (Å²) in [6.07, 6.45) is 5.68. The molecule has 0 spiro atoms. The zero-order valence-corrected chi connectivity index (χ0v) is 20.7. The molecule has 1 saturated heterocycles. The third-order valence-corrected chi connectivity index (χ3v) is 7.57. The summed E-state index contributed by atoms with van der Waals surface area (Å²) in [5, 5.41) is 17.0. The molecule has 5 rings (SSSR count). The number of nitrogens with one attached hydrogen (secondary N) is 2. The van der Waals surface area contributed by atoms with E-state index >= 15 is 0 Å². The fourth-order valence-corrected chi connectivity index (χ4v) is 5.55. The van der Waals surface area contributed by atoms with Crippen LogP contribution in [0.4, 0.5) is 4.39 Å². The smallest absolute Gasteiger partial charge is 0.271 e. The summed E-state index contributed by atoms with van der Waals surface area (Å²) in [5.41, 5.74) is 1.29. The average Bonchev–Trinajstić information content (AvgIpc) is 3.49. The van der Waals surface area contributed by atoms with E-state index in [0.717, 1.165) is 12.8 Å². The van der Waals surface area contributed by atoms with Gasteiger partial charge in [0, 0.05) is 29.9 Å². The van der Waals surface area contributed by atoms with Crippen LogP contribution < -0.4 is 10.6 Å². The number of benzene rings is 1. The largest absolute Gasteiger partial charge is 0.354 e. The molecular formula is C24H22FN7O2S2. The van der Waals surface area contributed by atoms with Gasteiger partial charge in [0.15, 0.2) is 11.0 Å². The monoisotopic (exact) mass is 523 g/mol. The van der Waals surface area contributed by atoms with Crippen molar-refractivity contribution in [1.29, 1.82) is 0 Å². The highest BCUT2D eigenvalue weighted by Crippen LogP contribution is 2.31. The van der Waals surface area contributed by atoms with E-state index in [2.05, 4.69) is 30.8 Å². The van der Waals surface area contributed by atoms with Gasteiger partial charge < -0.3 is 10.6 Å². The molecule has 9 nitrogen and oxygen atoms in total. The van der Waals surface area contributed by atoms with Crippen molar-refractivity contribution in [3.8, 4) is 17.1 Å². The molecule has 1 fully saturated rings. The molecule has 1 aliphatic heterocycles. The quantitative estimate of drug-likeness (QED) is 0.356. The summed E-state index contributed by atoms with van der Waals surface area (Å²) >= 11 is 2.67. The fraction of sp³-hybridized carbons (Fsp3) is 0.250. The van der Waals surface area contributed by atoms with Crippen molar-refractivity contribution in [2.75, 3.05) is 6.54 Å². The maximum Gasteiger partial charge on any atom is 0.271 e. The molecule has 36 heavy (non-hydrogen) atoms. The van der Waals surface area contributed by atoms with Crippen LogP contribution in [-0.4, -0.2) is 49.1 Å². The summed E-state index contributed by atoms with van der Waals surface area (Å²) in [7, 11) is 0. The second-order valence-corrected chi connectivity index (χ2v) is 9.95. The van der Waals surface area contributed by atoms with E-state index < -0.39 is 11.9 Å². The van der Waals surface area contributed by atoms with Gasteiger partial charge in [-0.1, -0.05) is 23.9 Å². The first kappa shape index (κ1) is 24.1. The lowest BCUT2D eigenvalue weighted by molar-refractivity contribution is -0.122. The zero-order valence-electron chi connectivity index (χ0n) is 19.1. The normalized spacial score (nSPS) is 15.8. The van der Waals surface area contributed by atoms with Gasteiger partial charge in [-0.05, 0) is 43.5 Å². The molecule has 2 amide bonds. The van der Waals surface area contributed by atoms with E-state index in [0.29, 0.717) is 46.0 Å². The minimum Gasteiger partial charge on any atom is -0.354 e. The third kappa shape index (κ3) is 5.29.